The molecule has 92 valence electrons. The second-order valence-electron chi connectivity index (χ2n) is 3.95. The van der Waals surface area contributed by atoms with Crippen molar-refractivity contribution in [3.8, 4) is 6.07 Å². The fraction of sp³-hybridized carbons (Fsp3) is 0.231. The largest absolute Gasteiger partial charge is 0.444 e. The number of benzene rings is 1. The Morgan fingerprint density at radius 3 is 2.89 bits per heavy atom. The van der Waals surface area contributed by atoms with Crippen LogP contribution in [0.3, 0.4) is 0 Å². The lowest BCUT2D eigenvalue weighted by atomic mass is 10.2. The monoisotopic (exact) mass is 305 g/mol. The van der Waals surface area contributed by atoms with Crippen LogP contribution in [-0.4, -0.2) is 4.98 Å². The van der Waals surface area contributed by atoms with Gasteiger partial charge in [-0.1, -0.05) is 6.07 Å². The van der Waals surface area contributed by atoms with Gasteiger partial charge in [-0.3, -0.25) is 0 Å². The number of nitrogens with zero attached hydrogens (tertiary/aromatic N) is 2. The topological polar surface area (TPSA) is 61.9 Å². The van der Waals surface area contributed by atoms with Crippen LogP contribution in [0.1, 0.15) is 30.2 Å². The molecular formula is C13H12BrN3O. The molecule has 0 aliphatic heterocycles. The van der Waals surface area contributed by atoms with Crippen LogP contribution in [0, 0.1) is 18.3 Å². The Kier molecular flexibility index (Phi) is 3.68. The van der Waals surface area contributed by atoms with Gasteiger partial charge in [0.2, 0.25) is 5.89 Å². The van der Waals surface area contributed by atoms with E-state index < -0.39 is 0 Å². The minimum absolute atomic E-state index is 0.0971. The Morgan fingerprint density at radius 2 is 2.28 bits per heavy atom. The lowest BCUT2D eigenvalue weighted by molar-refractivity contribution is 0.453. The predicted octanol–water partition coefficient (Wildman–Crippen LogP) is 3.79. The molecule has 0 spiro atoms. The highest BCUT2D eigenvalue weighted by Gasteiger charge is 2.14. The van der Waals surface area contributed by atoms with Crippen molar-refractivity contribution in [3.05, 3.63) is 46.1 Å². The summed E-state index contributed by atoms with van der Waals surface area (Å²) in [6.45, 7) is 3.79. The molecule has 0 aliphatic rings. The van der Waals surface area contributed by atoms with Crippen LogP contribution in [0.25, 0.3) is 0 Å². The molecular weight excluding hydrogens is 294 g/mol. The summed E-state index contributed by atoms with van der Waals surface area (Å²) in [6.07, 6.45) is 1.68. The molecule has 18 heavy (non-hydrogen) atoms. The molecule has 0 fully saturated rings. The maximum atomic E-state index is 9.13. The number of oxazole rings is 1. The van der Waals surface area contributed by atoms with E-state index in [-0.39, 0.29) is 6.04 Å². The zero-order valence-corrected chi connectivity index (χ0v) is 11.7. The van der Waals surface area contributed by atoms with Gasteiger partial charge < -0.3 is 9.73 Å². The quantitative estimate of drug-likeness (QED) is 0.937. The van der Waals surface area contributed by atoms with Crippen molar-refractivity contribution in [1.29, 1.82) is 5.26 Å². The number of aryl methyl sites for hydroxylation is 1. The summed E-state index contributed by atoms with van der Waals surface area (Å²) in [5, 5.41) is 12.4. The van der Waals surface area contributed by atoms with Gasteiger partial charge in [-0.05, 0) is 41.9 Å². The second kappa shape index (κ2) is 5.23. The van der Waals surface area contributed by atoms with E-state index in [0.29, 0.717) is 11.5 Å². The number of aromatic nitrogens is 1. The molecule has 0 saturated carbocycles. The van der Waals surface area contributed by atoms with Gasteiger partial charge in [-0.2, -0.15) is 5.26 Å². The lowest BCUT2D eigenvalue weighted by Crippen LogP contribution is -2.08. The number of rotatable bonds is 3. The number of hydrogen-bond donors (Lipinski definition) is 1. The Morgan fingerprint density at radius 1 is 1.50 bits per heavy atom. The van der Waals surface area contributed by atoms with Gasteiger partial charge in [0.25, 0.3) is 0 Å². The molecule has 2 aromatic rings. The molecule has 4 nitrogen and oxygen atoms in total. The maximum absolute atomic E-state index is 9.13. The molecule has 0 amide bonds. The fourth-order valence-corrected chi connectivity index (χ4v) is 2.08. The molecule has 1 atom stereocenters. The Balaban J connectivity index is 2.25. The van der Waals surface area contributed by atoms with Crippen molar-refractivity contribution < 1.29 is 4.42 Å². The Hall–Kier alpha value is -1.80. The highest BCUT2D eigenvalue weighted by atomic mass is 79.9. The molecule has 1 unspecified atom stereocenters. The van der Waals surface area contributed by atoms with Crippen LogP contribution in [-0.2, 0) is 0 Å². The number of nitriles is 1. The zero-order valence-electron chi connectivity index (χ0n) is 10.1. The van der Waals surface area contributed by atoms with Gasteiger partial charge >= 0.3 is 0 Å². The van der Waals surface area contributed by atoms with Crippen molar-refractivity contribution in [2.45, 2.75) is 19.9 Å². The third-order valence-electron chi connectivity index (χ3n) is 2.51. The first-order valence-corrected chi connectivity index (χ1v) is 6.28. The summed E-state index contributed by atoms with van der Waals surface area (Å²) in [4.78, 5) is 4.17. The molecule has 1 heterocycles. The van der Waals surface area contributed by atoms with E-state index in [9.17, 15) is 0 Å². The summed E-state index contributed by atoms with van der Waals surface area (Å²) in [5.74, 6) is 1.38. The van der Waals surface area contributed by atoms with Crippen LogP contribution in [0.4, 0.5) is 5.69 Å². The summed E-state index contributed by atoms with van der Waals surface area (Å²) >= 11 is 3.36. The summed E-state index contributed by atoms with van der Waals surface area (Å²) in [7, 11) is 0. The highest BCUT2D eigenvalue weighted by Crippen LogP contribution is 2.27. The van der Waals surface area contributed by atoms with Crippen molar-refractivity contribution in [2.24, 2.45) is 0 Å². The van der Waals surface area contributed by atoms with Gasteiger partial charge in [0.1, 0.15) is 17.9 Å². The van der Waals surface area contributed by atoms with Crippen molar-refractivity contribution in [3.63, 3.8) is 0 Å². The smallest absolute Gasteiger partial charge is 0.216 e. The van der Waals surface area contributed by atoms with E-state index in [1.165, 1.54) is 0 Å². The molecule has 0 bridgehead atoms. The predicted molar refractivity (Wildman–Crippen MR) is 72.1 cm³/mol. The summed E-state index contributed by atoms with van der Waals surface area (Å²) in [5.41, 5.74) is 1.34. The minimum atomic E-state index is -0.0971. The average molecular weight is 306 g/mol. The first-order valence-electron chi connectivity index (χ1n) is 5.49. The fourth-order valence-electron chi connectivity index (χ4n) is 1.63. The number of hydrogen-bond acceptors (Lipinski definition) is 4. The van der Waals surface area contributed by atoms with Crippen molar-refractivity contribution in [2.75, 3.05) is 5.32 Å². The van der Waals surface area contributed by atoms with Gasteiger partial charge in [0.15, 0.2) is 0 Å². The van der Waals surface area contributed by atoms with E-state index in [2.05, 4.69) is 32.3 Å². The second-order valence-corrected chi connectivity index (χ2v) is 4.80. The van der Waals surface area contributed by atoms with Gasteiger partial charge in [-0.25, -0.2) is 4.98 Å². The van der Waals surface area contributed by atoms with Crippen LogP contribution >= 0.6 is 15.9 Å². The normalized spacial score (nSPS) is 11.9. The van der Waals surface area contributed by atoms with Crippen LogP contribution in [0.15, 0.2) is 33.3 Å². The molecule has 1 aromatic carbocycles. The summed E-state index contributed by atoms with van der Waals surface area (Å²) < 4.78 is 6.22. The highest BCUT2D eigenvalue weighted by molar-refractivity contribution is 9.10. The van der Waals surface area contributed by atoms with Crippen molar-refractivity contribution in [1.82, 2.24) is 4.98 Å². The molecule has 1 N–H and O–H groups in total. The molecule has 2 rings (SSSR count). The average Bonchev–Trinajstić information content (AvgIpc) is 2.76. The molecule has 0 aliphatic carbocycles. The SMILES string of the molecule is Cc1cnc(C(C)Nc2cccc(Br)c2C#N)o1. The van der Waals surface area contributed by atoms with E-state index in [4.69, 9.17) is 9.68 Å². The zero-order chi connectivity index (χ0) is 13.1. The molecule has 1 aromatic heterocycles. The third kappa shape index (κ3) is 2.54. The van der Waals surface area contributed by atoms with Gasteiger partial charge in [0, 0.05) is 4.47 Å². The maximum Gasteiger partial charge on any atom is 0.216 e. The minimum Gasteiger partial charge on any atom is -0.444 e. The third-order valence-corrected chi connectivity index (χ3v) is 3.17. The van der Waals surface area contributed by atoms with Crippen LogP contribution in [0.2, 0.25) is 0 Å². The number of nitrogens with one attached hydrogen (secondary N) is 1. The van der Waals surface area contributed by atoms with E-state index in [1.807, 2.05) is 32.0 Å². The standard InChI is InChI=1S/C13H12BrN3O/c1-8-7-16-13(18-8)9(2)17-12-5-3-4-11(14)10(12)6-15/h3-5,7,9,17H,1-2H3. The van der Waals surface area contributed by atoms with E-state index in [0.717, 1.165) is 15.9 Å². The van der Waals surface area contributed by atoms with Crippen LogP contribution < -0.4 is 5.32 Å². The Labute approximate surface area is 114 Å². The number of halogens is 1. The van der Waals surface area contributed by atoms with Gasteiger partial charge in [0.05, 0.1) is 17.4 Å². The first-order chi connectivity index (χ1) is 8.61. The van der Waals surface area contributed by atoms with Crippen molar-refractivity contribution >= 4 is 21.6 Å². The molecule has 0 radical (unpaired) electrons. The number of anilines is 1. The Bertz CT molecular complexity index is 601. The summed E-state index contributed by atoms with van der Waals surface area (Å²) in [6, 6.07) is 7.64. The van der Waals surface area contributed by atoms with E-state index in [1.54, 1.807) is 6.20 Å². The first kappa shape index (κ1) is 12.7. The van der Waals surface area contributed by atoms with E-state index >= 15 is 0 Å². The lowest BCUT2D eigenvalue weighted by Gasteiger charge is -2.13. The van der Waals surface area contributed by atoms with Crippen LogP contribution in [0.5, 0.6) is 0 Å². The molecule has 5 heteroatoms. The van der Waals surface area contributed by atoms with Gasteiger partial charge in [-0.15, -0.1) is 0 Å². The molecule has 0 saturated heterocycles.